The van der Waals surface area contributed by atoms with Gasteiger partial charge in [0.1, 0.15) is 11.1 Å². The minimum absolute atomic E-state index is 0.295. The highest BCUT2D eigenvalue weighted by Gasteiger charge is 2.20. The Bertz CT molecular complexity index is 1520. The number of tetrazole rings is 1. The van der Waals surface area contributed by atoms with Crippen molar-refractivity contribution in [1.29, 1.82) is 0 Å². The van der Waals surface area contributed by atoms with Crippen LogP contribution < -0.4 is 10.6 Å². The van der Waals surface area contributed by atoms with Crippen LogP contribution in [-0.4, -0.2) is 37.4 Å². The molecule has 5 rings (SSSR count). The summed E-state index contributed by atoms with van der Waals surface area (Å²) in [5.74, 6) is -0.412. The van der Waals surface area contributed by atoms with Gasteiger partial charge in [-0.3, -0.25) is 9.59 Å². The Morgan fingerprint density at radius 2 is 1.74 bits per heavy atom. The Labute approximate surface area is 208 Å². The number of nitrogens with zero attached hydrogens (tertiary/aromatic N) is 3. The molecule has 0 bridgehead atoms. The van der Waals surface area contributed by atoms with Crippen LogP contribution in [0.4, 0.5) is 11.4 Å². The Kier molecular flexibility index (Phi) is 6.17. The van der Waals surface area contributed by atoms with Gasteiger partial charge in [0.15, 0.2) is 5.82 Å². The molecule has 1 unspecified atom stereocenters. The van der Waals surface area contributed by atoms with Crippen LogP contribution in [0, 0.1) is 0 Å². The van der Waals surface area contributed by atoms with Crippen molar-refractivity contribution in [2.75, 3.05) is 10.6 Å². The lowest BCUT2D eigenvalue weighted by Gasteiger charge is -2.11. The third-order valence-corrected chi connectivity index (χ3v) is 6.00. The highest BCUT2D eigenvalue weighted by molar-refractivity contribution is 6.33. The van der Waals surface area contributed by atoms with Crippen LogP contribution >= 0.6 is 23.2 Å². The smallest absolute Gasteiger partial charge is 0.272 e. The Balaban J connectivity index is 1.40. The molecule has 2 heterocycles. The van der Waals surface area contributed by atoms with Gasteiger partial charge in [0, 0.05) is 16.0 Å². The van der Waals surface area contributed by atoms with Gasteiger partial charge < -0.3 is 15.6 Å². The maximum absolute atomic E-state index is 13.1. The van der Waals surface area contributed by atoms with Gasteiger partial charge in [-0.25, -0.2) is 5.10 Å². The van der Waals surface area contributed by atoms with Crippen LogP contribution in [0.25, 0.3) is 22.3 Å². The average molecular weight is 506 g/mol. The molecular weight excluding hydrogens is 489 g/mol. The van der Waals surface area contributed by atoms with Gasteiger partial charge >= 0.3 is 0 Å². The first-order valence-corrected chi connectivity index (χ1v) is 11.3. The van der Waals surface area contributed by atoms with E-state index < -0.39 is 11.3 Å². The number of anilines is 2. The predicted octanol–water partition coefficient (Wildman–Crippen LogP) is 5.17. The zero-order chi connectivity index (χ0) is 24.4. The molecule has 2 aromatic heterocycles. The van der Waals surface area contributed by atoms with E-state index in [1.165, 1.54) is 0 Å². The SMILES string of the molecule is O=C(Nc1ccc(Cl)cc1-c1nnn[nH]1)c1cc2cccc(NC(=O)C(Cl)c3ccccc3)c2[nH]1. The normalized spacial score (nSPS) is 11.8. The molecule has 0 saturated carbocycles. The minimum atomic E-state index is -0.863. The van der Waals surface area contributed by atoms with Crippen molar-refractivity contribution in [2.24, 2.45) is 0 Å². The lowest BCUT2D eigenvalue weighted by molar-refractivity contribution is -0.116. The number of hydrogen-bond acceptors (Lipinski definition) is 5. The van der Waals surface area contributed by atoms with E-state index >= 15 is 0 Å². The molecule has 1 atom stereocenters. The van der Waals surface area contributed by atoms with Crippen molar-refractivity contribution in [2.45, 2.75) is 5.38 Å². The van der Waals surface area contributed by atoms with Gasteiger partial charge in [-0.2, -0.15) is 0 Å². The Hall–Kier alpha value is -4.21. The molecule has 11 heteroatoms. The second-order valence-corrected chi connectivity index (χ2v) is 8.48. The molecule has 0 spiro atoms. The predicted molar refractivity (Wildman–Crippen MR) is 135 cm³/mol. The first kappa shape index (κ1) is 22.6. The number of para-hydroxylation sites is 1. The fourth-order valence-corrected chi connectivity index (χ4v) is 4.01. The average Bonchev–Trinajstić information content (AvgIpc) is 3.56. The van der Waals surface area contributed by atoms with E-state index in [9.17, 15) is 9.59 Å². The third-order valence-electron chi connectivity index (χ3n) is 5.31. The number of fused-ring (bicyclic) bond motifs is 1. The van der Waals surface area contributed by atoms with Gasteiger partial charge in [0.05, 0.1) is 16.9 Å². The fourth-order valence-electron chi connectivity index (χ4n) is 3.64. The summed E-state index contributed by atoms with van der Waals surface area (Å²) in [7, 11) is 0. The number of hydrogen-bond donors (Lipinski definition) is 4. The van der Waals surface area contributed by atoms with Crippen LogP contribution in [0.15, 0.2) is 72.8 Å². The summed E-state index contributed by atoms with van der Waals surface area (Å²) in [5.41, 5.74) is 3.09. The minimum Gasteiger partial charge on any atom is -0.349 e. The van der Waals surface area contributed by atoms with Crippen molar-refractivity contribution < 1.29 is 9.59 Å². The van der Waals surface area contributed by atoms with Gasteiger partial charge in [-0.05, 0) is 46.3 Å². The number of H-pyrrole nitrogens is 2. The van der Waals surface area contributed by atoms with Gasteiger partial charge in [0.2, 0.25) is 5.91 Å². The molecule has 9 nitrogen and oxygen atoms in total. The Morgan fingerprint density at radius 1 is 0.914 bits per heavy atom. The fraction of sp³-hybridized carbons (Fsp3) is 0.0417. The summed E-state index contributed by atoms with van der Waals surface area (Å²) < 4.78 is 0. The van der Waals surface area contributed by atoms with E-state index in [-0.39, 0.29) is 5.91 Å². The van der Waals surface area contributed by atoms with Crippen LogP contribution in [0.5, 0.6) is 0 Å². The topological polar surface area (TPSA) is 128 Å². The lowest BCUT2D eigenvalue weighted by Crippen LogP contribution is -2.17. The van der Waals surface area contributed by atoms with Crippen molar-refractivity contribution in [3.05, 3.63) is 89.1 Å². The number of carbonyl (C=O) groups is 2. The first-order valence-electron chi connectivity index (χ1n) is 10.5. The van der Waals surface area contributed by atoms with Crippen LogP contribution in [0.1, 0.15) is 21.4 Å². The molecule has 4 N–H and O–H groups in total. The highest BCUT2D eigenvalue weighted by atomic mass is 35.5. The molecule has 0 aliphatic heterocycles. The second-order valence-electron chi connectivity index (χ2n) is 7.61. The zero-order valence-corrected chi connectivity index (χ0v) is 19.4. The number of alkyl halides is 1. The van der Waals surface area contributed by atoms with Gasteiger partial charge in [-0.1, -0.05) is 54.1 Å². The summed E-state index contributed by atoms with van der Waals surface area (Å²) in [4.78, 5) is 28.9. The third kappa shape index (κ3) is 4.72. The van der Waals surface area contributed by atoms with E-state index in [2.05, 4.69) is 36.2 Å². The van der Waals surface area contributed by atoms with Crippen molar-refractivity contribution >= 4 is 57.3 Å². The number of rotatable bonds is 6. The molecule has 0 radical (unpaired) electrons. The van der Waals surface area contributed by atoms with E-state index in [1.54, 1.807) is 48.5 Å². The number of nitrogens with one attached hydrogen (secondary N) is 4. The van der Waals surface area contributed by atoms with E-state index in [4.69, 9.17) is 23.2 Å². The first-order chi connectivity index (χ1) is 17.0. The van der Waals surface area contributed by atoms with E-state index in [1.807, 2.05) is 24.3 Å². The highest BCUT2D eigenvalue weighted by Crippen LogP contribution is 2.30. The van der Waals surface area contributed by atoms with Crippen molar-refractivity contribution in [3.63, 3.8) is 0 Å². The number of carbonyl (C=O) groups excluding carboxylic acids is 2. The van der Waals surface area contributed by atoms with Crippen molar-refractivity contribution in [1.82, 2.24) is 25.6 Å². The molecule has 35 heavy (non-hydrogen) atoms. The monoisotopic (exact) mass is 505 g/mol. The van der Waals surface area contributed by atoms with E-state index in [0.29, 0.717) is 44.6 Å². The van der Waals surface area contributed by atoms with Crippen LogP contribution in [-0.2, 0) is 4.79 Å². The summed E-state index contributed by atoms with van der Waals surface area (Å²) in [6, 6.07) is 21.1. The maximum atomic E-state index is 13.1. The maximum Gasteiger partial charge on any atom is 0.272 e. The van der Waals surface area contributed by atoms with Crippen LogP contribution in [0.3, 0.4) is 0 Å². The molecule has 3 aromatic carbocycles. The molecule has 0 aliphatic carbocycles. The summed E-state index contributed by atoms with van der Waals surface area (Å²) >= 11 is 12.5. The standard InChI is InChI=1S/C24H17Cl2N7O2/c25-15-9-10-17(16(12-15)22-30-32-33-31-22)28-23(34)19-11-14-7-4-8-18(21(14)27-19)29-24(35)20(26)13-5-2-1-3-6-13/h1-12,20,27H,(H,28,34)(H,29,35)(H,30,31,32,33). The molecule has 174 valence electrons. The molecule has 0 aliphatic rings. The molecule has 0 saturated heterocycles. The van der Waals surface area contributed by atoms with Gasteiger partial charge in [-0.15, -0.1) is 16.7 Å². The largest absolute Gasteiger partial charge is 0.349 e. The summed E-state index contributed by atoms with van der Waals surface area (Å²) in [6.45, 7) is 0. The number of aromatic amines is 2. The lowest BCUT2D eigenvalue weighted by atomic mass is 10.1. The summed E-state index contributed by atoms with van der Waals surface area (Å²) in [5, 5.41) is 19.7. The molecule has 0 fully saturated rings. The zero-order valence-electron chi connectivity index (χ0n) is 17.9. The van der Waals surface area contributed by atoms with Gasteiger partial charge in [0.25, 0.3) is 5.91 Å². The summed E-state index contributed by atoms with van der Waals surface area (Å²) in [6.07, 6.45) is 0. The molecule has 2 amide bonds. The van der Waals surface area contributed by atoms with Crippen LogP contribution in [0.2, 0.25) is 5.02 Å². The van der Waals surface area contributed by atoms with E-state index in [0.717, 1.165) is 5.39 Å². The molecular formula is C24H17Cl2N7O2. The number of benzene rings is 3. The number of halogens is 2. The quantitative estimate of drug-likeness (QED) is 0.236. The Morgan fingerprint density at radius 3 is 2.51 bits per heavy atom. The number of aromatic nitrogens is 5. The second kappa shape index (κ2) is 9.57. The molecule has 5 aromatic rings. The number of amides is 2. The van der Waals surface area contributed by atoms with Crippen molar-refractivity contribution in [3.8, 4) is 11.4 Å².